The van der Waals surface area contributed by atoms with Gasteiger partial charge in [-0.05, 0) is 35.9 Å². The van der Waals surface area contributed by atoms with E-state index in [9.17, 15) is 18.3 Å². The van der Waals surface area contributed by atoms with Gasteiger partial charge in [0.05, 0.1) is 10.6 Å². The number of phenolic OH excluding ortho intramolecular Hbond substituents is 1. The third-order valence-electron chi connectivity index (χ3n) is 4.01. The van der Waals surface area contributed by atoms with Gasteiger partial charge < -0.3 is 16.2 Å². The first-order valence-electron chi connectivity index (χ1n) is 8.27. The number of nitrogens with zero attached hydrogens (tertiary/aromatic N) is 1. The highest BCUT2D eigenvalue weighted by Crippen LogP contribution is 2.28. The van der Waals surface area contributed by atoms with Gasteiger partial charge in [-0.3, -0.25) is 4.79 Å². The van der Waals surface area contributed by atoms with Gasteiger partial charge >= 0.3 is 0 Å². The molecule has 9 heteroatoms. The number of anilines is 1. The lowest BCUT2D eigenvalue weighted by molar-refractivity contribution is 0.102. The molecular weight excluding hydrogens is 390 g/mol. The van der Waals surface area contributed by atoms with Gasteiger partial charge in [0.15, 0.2) is 0 Å². The highest BCUT2D eigenvalue weighted by molar-refractivity contribution is 7.89. The summed E-state index contributed by atoms with van der Waals surface area (Å²) in [6.07, 6.45) is 0. The molecule has 1 amide bonds. The van der Waals surface area contributed by atoms with Crippen LogP contribution in [0.25, 0.3) is 0 Å². The van der Waals surface area contributed by atoms with Crippen molar-refractivity contribution < 1.29 is 18.3 Å². The van der Waals surface area contributed by atoms with Crippen LogP contribution >= 0.6 is 12.4 Å². The molecule has 0 bridgehead atoms. The lowest BCUT2D eigenvalue weighted by Gasteiger charge is -2.19. The van der Waals surface area contributed by atoms with E-state index in [-0.39, 0.29) is 28.7 Å². The average molecular weight is 414 g/mol. The summed E-state index contributed by atoms with van der Waals surface area (Å²) in [6, 6.07) is 10.5. The summed E-state index contributed by atoms with van der Waals surface area (Å²) >= 11 is 0. The van der Waals surface area contributed by atoms with Crippen LogP contribution in [0.2, 0.25) is 0 Å². The van der Waals surface area contributed by atoms with Gasteiger partial charge in [0.2, 0.25) is 10.0 Å². The predicted molar refractivity (Wildman–Crippen MR) is 108 cm³/mol. The van der Waals surface area contributed by atoms with Crippen molar-refractivity contribution in [3.8, 4) is 5.75 Å². The van der Waals surface area contributed by atoms with E-state index in [1.54, 1.807) is 38.1 Å². The Balaban J connectivity index is 0.00000364. The lowest BCUT2D eigenvalue weighted by Crippen LogP contribution is -2.30. The molecule has 0 spiro atoms. The van der Waals surface area contributed by atoms with Crippen LogP contribution in [0.15, 0.2) is 47.4 Å². The predicted octanol–water partition coefficient (Wildman–Crippen LogP) is 2.56. The van der Waals surface area contributed by atoms with Gasteiger partial charge in [-0.1, -0.05) is 26.0 Å². The summed E-state index contributed by atoms with van der Waals surface area (Å²) in [4.78, 5) is 12.4. The van der Waals surface area contributed by atoms with Crippen LogP contribution in [0.3, 0.4) is 0 Å². The summed E-state index contributed by atoms with van der Waals surface area (Å²) in [5.41, 5.74) is 6.82. The molecule has 4 N–H and O–H groups in total. The fourth-order valence-corrected chi connectivity index (χ4v) is 3.96. The molecule has 0 fully saturated rings. The van der Waals surface area contributed by atoms with Gasteiger partial charge in [0.25, 0.3) is 5.91 Å². The smallest absolute Gasteiger partial charge is 0.255 e. The SMILES string of the molecule is CCN(CC)S(=O)(=O)c1ccc(O)c(NC(=O)c2ccc(CN)cc2)c1.Cl. The van der Waals surface area contributed by atoms with Gasteiger partial charge in [-0.25, -0.2) is 8.42 Å². The first-order chi connectivity index (χ1) is 12.3. The van der Waals surface area contributed by atoms with Gasteiger partial charge in [-0.2, -0.15) is 4.31 Å². The molecule has 7 nitrogen and oxygen atoms in total. The molecule has 0 heterocycles. The van der Waals surface area contributed by atoms with Crippen molar-refractivity contribution in [3.63, 3.8) is 0 Å². The van der Waals surface area contributed by atoms with Crippen molar-refractivity contribution in [1.29, 1.82) is 0 Å². The summed E-state index contributed by atoms with van der Waals surface area (Å²) in [5.74, 6) is -0.670. The molecule has 0 radical (unpaired) electrons. The van der Waals surface area contributed by atoms with Crippen LogP contribution in [-0.4, -0.2) is 36.8 Å². The number of aromatic hydroxyl groups is 1. The first kappa shape index (κ1) is 22.9. The zero-order chi connectivity index (χ0) is 19.3. The molecule has 2 aromatic rings. The topological polar surface area (TPSA) is 113 Å². The van der Waals surface area contributed by atoms with Crippen molar-refractivity contribution in [2.24, 2.45) is 5.73 Å². The average Bonchev–Trinajstić information content (AvgIpc) is 2.64. The van der Waals surface area contributed by atoms with Crippen LogP contribution in [-0.2, 0) is 16.6 Å². The molecule has 0 saturated heterocycles. The molecule has 0 unspecified atom stereocenters. The zero-order valence-electron chi connectivity index (χ0n) is 15.2. The van der Waals surface area contributed by atoms with E-state index in [0.717, 1.165) is 5.56 Å². The van der Waals surface area contributed by atoms with Crippen molar-refractivity contribution >= 4 is 34.0 Å². The number of sulfonamides is 1. The molecule has 2 rings (SSSR count). The fraction of sp³-hybridized carbons (Fsp3) is 0.278. The normalized spacial score (nSPS) is 11.1. The third-order valence-corrected chi connectivity index (χ3v) is 6.06. The summed E-state index contributed by atoms with van der Waals surface area (Å²) in [6.45, 7) is 4.52. The van der Waals surface area contributed by atoms with Crippen molar-refractivity contribution in [3.05, 3.63) is 53.6 Å². The number of nitrogens with one attached hydrogen (secondary N) is 1. The molecule has 0 aliphatic rings. The minimum absolute atomic E-state index is 0. The molecule has 148 valence electrons. The minimum atomic E-state index is -3.69. The molecule has 27 heavy (non-hydrogen) atoms. The number of hydrogen-bond donors (Lipinski definition) is 3. The molecule has 2 aromatic carbocycles. The second-order valence-corrected chi connectivity index (χ2v) is 7.56. The number of carbonyl (C=O) groups excluding carboxylic acids is 1. The monoisotopic (exact) mass is 413 g/mol. The van der Waals surface area contributed by atoms with Crippen molar-refractivity contribution in [2.75, 3.05) is 18.4 Å². The lowest BCUT2D eigenvalue weighted by atomic mass is 10.1. The Morgan fingerprint density at radius 2 is 1.70 bits per heavy atom. The highest BCUT2D eigenvalue weighted by atomic mass is 35.5. The number of carbonyl (C=O) groups is 1. The highest BCUT2D eigenvalue weighted by Gasteiger charge is 2.23. The second kappa shape index (κ2) is 9.70. The largest absolute Gasteiger partial charge is 0.506 e. The molecule has 0 aliphatic carbocycles. The van der Waals surface area contributed by atoms with Crippen molar-refractivity contribution in [2.45, 2.75) is 25.3 Å². The van der Waals surface area contributed by atoms with E-state index in [0.29, 0.717) is 25.2 Å². The number of halogens is 1. The van der Waals surface area contributed by atoms with E-state index >= 15 is 0 Å². The van der Waals surface area contributed by atoms with Gasteiger partial charge in [-0.15, -0.1) is 12.4 Å². The fourth-order valence-electron chi connectivity index (χ4n) is 2.48. The van der Waals surface area contributed by atoms with Crippen molar-refractivity contribution in [1.82, 2.24) is 4.31 Å². The maximum Gasteiger partial charge on any atom is 0.255 e. The Labute approximate surface area is 165 Å². The number of amides is 1. The maximum absolute atomic E-state index is 12.6. The van der Waals surface area contributed by atoms with Crippen LogP contribution in [0.4, 0.5) is 5.69 Å². The third kappa shape index (κ3) is 5.20. The zero-order valence-corrected chi connectivity index (χ0v) is 16.8. The van der Waals surface area contributed by atoms with Crippen LogP contribution < -0.4 is 11.1 Å². The molecule has 0 saturated carbocycles. The summed E-state index contributed by atoms with van der Waals surface area (Å²) in [7, 11) is -3.69. The maximum atomic E-state index is 12.6. The number of benzene rings is 2. The van der Waals surface area contributed by atoms with E-state index in [1.165, 1.54) is 22.5 Å². The van der Waals surface area contributed by atoms with E-state index in [1.807, 2.05) is 0 Å². The Hall–Kier alpha value is -2.13. The summed E-state index contributed by atoms with van der Waals surface area (Å²) < 4.78 is 26.5. The minimum Gasteiger partial charge on any atom is -0.506 e. The van der Waals surface area contributed by atoms with E-state index in [4.69, 9.17) is 5.73 Å². The summed E-state index contributed by atoms with van der Waals surface area (Å²) in [5, 5.41) is 12.5. The Morgan fingerprint density at radius 3 is 2.22 bits per heavy atom. The number of phenols is 1. The van der Waals surface area contributed by atoms with Crippen LogP contribution in [0.1, 0.15) is 29.8 Å². The molecule has 0 aliphatic heterocycles. The molecule has 0 aromatic heterocycles. The van der Waals surface area contributed by atoms with Gasteiger partial charge in [0, 0.05) is 25.2 Å². The number of nitrogens with two attached hydrogens (primary N) is 1. The number of rotatable bonds is 7. The quantitative estimate of drug-likeness (QED) is 0.604. The van der Waals surface area contributed by atoms with E-state index < -0.39 is 15.9 Å². The Bertz CT molecular complexity index is 882. The van der Waals surface area contributed by atoms with E-state index in [2.05, 4.69) is 5.32 Å². The Kier molecular flexibility index (Phi) is 8.23. The van der Waals surface area contributed by atoms with Crippen LogP contribution in [0, 0.1) is 0 Å². The van der Waals surface area contributed by atoms with Crippen LogP contribution in [0.5, 0.6) is 5.75 Å². The first-order valence-corrected chi connectivity index (χ1v) is 9.71. The molecular formula is C18H24ClN3O4S. The molecule has 0 atom stereocenters. The number of hydrogen-bond acceptors (Lipinski definition) is 5. The van der Waals surface area contributed by atoms with Gasteiger partial charge in [0.1, 0.15) is 5.75 Å². The second-order valence-electron chi connectivity index (χ2n) is 5.62. The standard InChI is InChI=1S/C18H23N3O4S.ClH/c1-3-21(4-2)26(24,25)15-9-10-17(22)16(11-15)20-18(23)14-7-5-13(12-19)6-8-14;/h5-11,22H,3-4,12,19H2,1-2H3,(H,20,23);1H. The Morgan fingerprint density at radius 1 is 1.11 bits per heavy atom.